The molecular formula is C24H52NO7Si2+. The van der Waals surface area contributed by atoms with Crippen LogP contribution >= 0.6 is 0 Å². The fourth-order valence-electron chi connectivity index (χ4n) is 2.25. The van der Waals surface area contributed by atoms with Crippen molar-refractivity contribution in [1.82, 2.24) is 0 Å². The lowest BCUT2D eigenvalue weighted by atomic mass is 10.2. The molecule has 10 heteroatoms. The lowest BCUT2D eigenvalue weighted by Gasteiger charge is -2.36. The van der Waals surface area contributed by atoms with Crippen LogP contribution in [0.15, 0.2) is 0 Å². The monoisotopic (exact) mass is 522 g/mol. The van der Waals surface area contributed by atoms with Crippen molar-refractivity contribution in [3.05, 3.63) is 4.85 Å². The summed E-state index contributed by atoms with van der Waals surface area (Å²) in [6.45, 7) is 27.0. The van der Waals surface area contributed by atoms with Crippen molar-refractivity contribution < 1.29 is 32.9 Å². The zero-order valence-corrected chi connectivity index (χ0v) is 25.5. The molecular weight excluding hydrogens is 470 g/mol. The largest absolute Gasteiger partial charge is 0.511 e. The van der Waals surface area contributed by atoms with Crippen molar-refractivity contribution in [2.24, 2.45) is 0 Å². The average molecular weight is 523 g/mol. The Hall–Kier alpha value is -0.516. The van der Waals surface area contributed by atoms with Crippen LogP contribution in [0.4, 0.5) is 0 Å². The van der Waals surface area contributed by atoms with E-state index in [0.29, 0.717) is 66.0 Å². The zero-order valence-electron chi connectivity index (χ0n) is 23.5. The standard InChI is InChI=1S/C24H51NO7Si2/c1-23(2,3)33(7,8)31-17-14-28-19-22(30-16-13-27-12-11-25-21-26)20-29-15-18-32-34(9,10)24(4,5)6/h22H,11-20H2,1-10H3/p+1. The summed E-state index contributed by atoms with van der Waals surface area (Å²) in [5.41, 5.74) is 0. The predicted molar refractivity (Wildman–Crippen MR) is 143 cm³/mol. The van der Waals surface area contributed by atoms with Gasteiger partial charge in [0.1, 0.15) is 12.7 Å². The molecule has 0 rings (SSSR count). The minimum Gasteiger partial charge on any atom is -0.414 e. The summed E-state index contributed by atoms with van der Waals surface area (Å²) in [6, 6.07) is 0. The number of ether oxygens (including phenoxy) is 4. The minimum absolute atomic E-state index is 0.180. The highest BCUT2D eigenvalue weighted by Gasteiger charge is 2.37. The molecule has 0 amide bonds. The van der Waals surface area contributed by atoms with Crippen molar-refractivity contribution in [3.63, 3.8) is 0 Å². The summed E-state index contributed by atoms with van der Waals surface area (Å²) in [5, 5.41) is 8.77. The molecule has 8 nitrogen and oxygen atoms in total. The van der Waals surface area contributed by atoms with Crippen LogP contribution in [0.5, 0.6) is 0 Å². The van der Waals surface area contributed by atoms with Crippen LogP contribution in [0.2, 0.25) is 36.3 Å². The predicted octanol–water partition coefficient (Wildman–Crippen LogP) is 5.13. The lowest BCUT2D eigenvalue weighted by Crippen LogP contribution is -2.42. The Balaban J connectivity index is 4.39. The molecule has 0 spiro atoms. The third kappa shape index (κ3) is 14.8. The fraction of sp³-hybridized carbons (Fsp3) is 0.958. The molecule has 0 atom stereocenters. The molecule has 0 saturated heterocycles. The third-order valence-electron chi connectivity index (χ3n) is 6.60. The first kappa shape index (κ1) is 33.5. The van der Waals surface area contributed by atoms with Crippen molar-refractivity contribution in [1.29, 1.82) is 0 Å². The molecule has 202 valence electrons. The second-order valence-electron chi connectivity index (χ2n) is 11.5. The number of hydrogen-bond donors (Lipinski definition) is 1. The highest BCUT2D eigenvalue weighted by molar-refractivity contribution is 6.74. The Morgan fingerprint density at radius 3 is 1.53 bits per heavy atom. The maximum absolute atomic E-state index is 8.41. The van der Waals surface area contributed by atoms with Crippen molar-refractivity contribution in [2.45, 2.75) is 83.9 Å². The van der Waals surface area contributed by atoms with Crippen molar-refractivity contribution in [3.8, 4) is 6.26 Å². The van der Waals surface area contributed by atoms with Gasteiger partial charge in [-0.1, -0.05) is 41.5 Å². The average Bonchev–Trinajstić information content (AvgIpc) is 2.70. The number of hydrogen-bond acceptors (Lipinski definition) is 7. The van der Waals surface area contributed by atoms with Gasteiger partial charge < -0.3 is 32.9 Å². The normalized spacial score (nSPS) is 13.3. The van der Waals surface area contributed by atoms with E-state index in [1.807, 2.05) is 0 Å². The van der Waals surface area contributed by atoms with Crippen LogP contribution in [0.3, 0.4) is 0 Å². The van der Waals surface area contributed by atoms with Gasteiger partial charge in [-0.2, -0.15) is 0 Å². The Bertz CT molecular complexity index is 557. The molecule has 0 unspecified atom stereocenters. The topological polar surface area (TPSA) is 80.0 Å². The first-order valence-corrected chi connectivity index (χ1v) is 18.1. The number of nitrogens with zero attached hydrogens (tertiary/aromatic N) is 1. The number of rotatable bonds is 18. The van der Waals surface area contributed by atoms with Gasteiger partial charge in [0, 0.05) is 0 Å². The van der Waals surface area contributed by atoms with E-state index >= 15 is 0 Å². The number of aliphatic hydroxyl groups excluding tert-OH is 1. The van der Waals surface area contributed by atoms with Gasteiger partial charge in [0.15, 0.2) is 16.6 Å². The minimum atomic E-state index is -1.77. The molecule has 1 N–H and O–H groups in total. The van der Waals surface area contributed by atoms with Gasteiger partial charge in [-0.25, -0.2) is 0 Å². The molecule has 0 aliphatic heterocycles. The van der Waals surface area contributed by atoms with E-state index in [-0.39, 0.29) is 16.2 Å². The Morgan fingerprint density at radius 1 is 0.676 bits per heavy atom. The summed E-state index contributed by atoms with van der Waals surface area (Å²) in [5.74, 6) is 0. The third-order valence-corrected chi connectivity index (χ3v) is 15.7. The van der Waals surface area contributed by atoms with E-state index in [1.54, 1.807) is 6.26 Å². The van der Waals surface area contributed by atoms with E-state index in [2.05, 4.69) is 72.6 Å². The number of aliphatic hydroxyl groups is 1. The van der Waals surface area contributed by atoms with Crippen molar-refractivity contribution in [2.75, 3.05) is 66.0 Å². The summed E-state index contributed by atoms with van der Waals surface area (Å²) in [6.07, 6.45) is 1.54. The van der Waals surface area contributed by atoms with Gasteiger partial charge in [0.25, 0.3) is 6.54 Å². The van der Waals surface area contributed by atoms with E-state index in [1.165, 1.54) is 0 Å². The Morgan fingerprint density at radius 2 is 1.12 bits per heavy atom. The Kier molecular flexibility index (Phi) is 16.0. The quantitative estimate of drug-likeness (QED) is 0.152. The summed E-state index contributed by atoms with van der Waals surface area (Å²) in [4.78, 5) is 3.57. The SMILES string of the molecule is CC(C)(C)[Si](C)(C)OCCOCC(COCCO[Si](C)(C)C(C)(C)C)OCCOCC[N+]#CO. The van der Waals surface area contributed by atoms with E-state index < -0.39 is 16.6 Å². The molecule has 0 aliphatic carbocycles. The second-order valence-corrected chi connectivity index (χ2v) is 21.1. The van der Waals surface area contributed by atoms with Crippen LogP contribution in [-0.2, 0) is 27.8 Å². The second kappa shape index (κ2) is 16.3. The molecule has 0 bridgehead atoms. The van der Waals surface area contributed by atoms with Crippen LogP contribution < -0.4 is 0 Å². The highest BCUT2D eigenvalue weighted by atomic mass is 28.4. The molecule has 0 aromatic rings. The van der Waals surface area contributed by atoms with Crippen molar-refractivity contribution >= 4 is 16.6 Å². The summed E-state index contributed by atoms with van der Waals surface area (Å²) >= 11 is 0. The summed E-state index contributed by atoms with van der Waals surface area (Å²) in [7, 11) is -3.54. The fourth-order valence-corrected chi connectivity index (χ4v) is 4.31. The summed E-state index contributed by atoms with van der Waals surface area (Å²) < 4.78 is 35.4. The lowest BCUT2D eigenvalue weighted by molar-refractivity contribution is -0.0773. The highest BCUT2D eigenvalue weighted by Crippen LogP contribution is 2.37. The van der Waals surface area contributed by atoms with Gasteiger partial charge in [-0.3, -0.25) is 0 Å². The first-order chi connectivity index (χ1) is 15.6. The van der Waals surface area contributed by atoms with Gasteiger partial charge >= 0.3 is 6.26 Å². The molecule has 0 aliphatic rings. The Labute approximate surface area is 210 Å². The maximum Gasteiger partial charge on any atom is 0.511 e. The molecule has 34 heavy (non-hydrogen) atoms. The van der Waals surface area contributed by atoms with E-state index in [4.69, 9.17) is 32.9 Å². The van der Waals surface area contributed by atoms with Gasteiger partial charge in [0.05, 0.1) is 52.9 Å². The van der Waals surface area contributed by atoms with Crippen LogP contribution in [0, 0.1) is 6.26 Å². The molecule has 0 fully saturated rings. The molecule has 0 radical (unpaired) electrons. The molecule has 0 aromatic heterocycles. The molecule has 0 aromatic carbocycles. The van der Waals surface area contributed by atoms with Gasteiger partial charge in [-0.15, -0.1) is 0 Å². The van der Waals surface area contributed by atoms with E-state index in [0.717, 1.165) is 0 Å². The molecule has 0 heterocycles. The van der Waals surface area contributed by atoms with Gasteiger partial charge in [-0.05, 0) is 41.1 Å². The molecule has 0 saturated carbocycles. The van der Waals surface area contributed by atoms with Gasteiger partial charge in [0.2, 0.25) is 0 Å². The van der Waals surface area contributed by atoms with E-state index in [9.17, 15) is 0 Å². The van der Waals surface area contributed by atoms with Crippen LogP contribution in [0.1, 0.15) is 41.5 Å². The van der Waals surface area contributed by atoms with Crippen LogP contribution in [0.25, 0.3) is 4.85 Å². The first-order valence-electron chi connectivity index (χ1n) is 12.3. The smallest absolute Gasteiger partial charge is 0.414 e. The zero-order chi connectivity index (χ0) is 26.3. The maximum atomic E-state index is 8.41. The van der Waals surface area contributed by atoms with Crippen LogP contribution in [-0.4, -0.2) is 93.9 Å².